The van der Waals surface area contributed by atoms with Gasteiger partial charge in [0.15, 0.2) is 0 Å². The fraction of sp³-hybridized carbons (Fsp3) is 0.462. The molecule has 0 amide bonds. The molecule has 1 unspecified atom stereocenters. The number of aliphatic carboxylic acids is 1. The van der Waals surface area contributed by atoms with Crippen molar-refractivity contribution < 1.29 is 9.90 Å². The number of carboxylic acid groups (broad SMARTS) is 1. The molecule has 0 radical (unpaired) electrons. The summed E-state index contributed by atoms with van der Waals surface area (Å²) in [4.78, 5) is 11.2. The second-order valence-corrected chi connectivity index (χ2v) is 11.6. The molecule has 17 heavy (non-hydrogen) atoms. The van der Waals surface area contributed by atoms with Crippen LogP contribution >= 0.6 is 11.6 Å². The van der Waals surface area contributed by atoms with Gasteiger partial charge in [-0.3, -0.25) is 4.79 Å². The van der Waals surface area contributed by atoms with Crippen LogP contribution < -0.4 is 0 Å². The summed E-state index contributed by atoms with van der Waals surface area (Å²) in [6.07, 6.45) is 0.594. The van der Waals surface area contributed by atoms with Crippen molar-refractivity contribution in [2.24, 2.45) is 5.92 Å². The number of carboxylic acids is 1. The van der Waals surface area contributed by atoms with Gasteiger partial charge in [-0.2, -0.15) is 0 Å². The molecule has 0 heterocycles. The van der Waals surface area contributed by atoms with E-state index in [-0.39, 0.29) is 5.92 Å². The van der Waals surface area contributed by atoms with Gasteiger partial charge in [0.2, 0.25) is 0 Å². The van der Waals surface area contributed by atoms with Gasteiger partial charge < -0.3 is 5.11 Å². The average molecular weight is 271 g/mol. The van der Waals surface area contributed by atoms with Crippen LogP contribution in [0.4, 0.5) is 0 Å². The predicted molar refractivity (Wildman–Crippen MR) is 74.4 cm³/mol. The van der Waals surface area contributed by atoms with Crippen molar-refractivity contribution in [1.29, 1.82) is 0 Å². The first-order chi connectivity index (χ1) is 7.78. The van der Waals surface area contributed by atoms with E-state index in [9.17, 15) is 9.90 Å². The van der Waals surface area contributed by atoms with Crippen LogP contribution in [0.15, 0.2) is 24.3 Å². The molecule has 1 aromatic rings. The molecule has 1 aromatic carbocycles. The normalized spacial score (nSPS) is 13.4. The van der Waals surface area contributed by atoms with E-state index < -0.39 is 14.0 Å². The summed E-state index contributed by atoms with van der Waals surface area (Å²) in [5.41, 5.74) is 1.04. The van der Waals surface area contributed by atoms with Gasteiger partial charge in [-0.1, -0.05) is 43.4 Å². The zero-order valence-corrected chi connectivity index (χ0v) is 12.3. The molecular formula is C13H19ClO2Si. The third-order valence-corrected chi connectivity index (χ3v) is 4.57. The summed E-state index contributed by atoms with van der Waals surface area (Å²) in [5.74, 6) is -0.967. The lowest BCUT2D eigenvalue weighted by Gasteiger charge is -2.21. The van der Waals surface area contributed by atoms with Crippen LogP contribution in [0.3, 0.4) is 0 Å². The second-order valence-electron chi connectivity index (χ2n) is 5.63. The molecule has 1 N–H and O–H groups in total. The molecule has 1 atom stereocenters. The lowest BCUT2D eigenvalue weighted by Crippen LogP contribution is -2.29. The monoisotopic (exact) mass is 270 g/mol. The van der Waals surface area contributed by atoms with Gasteiger partial charge in [-0.05, 0) is 30.2 Å². The average Bonchev–Trinajstić information content (AvgIpc) is 2.18. The fourth-order valence-electron chi connectivity index (χ4n) is 1.89. The van der Waals surface area contributed by atoms with E-state index in [0.717, 1.165) is 11.6 Å². The molecule has 1 rings (SSSR count). The molecule has 2 nitrogen and oxygen atoms in total. The van der Waals surface area contributed by atoms with E-state index in [1.165, 1.54) is 0 Å². The third-order valence-electron chi connectivity index (χ3n) is 2.60. The van der Waals surface area contributed by atoms with Crippen LogP contribution in [0.5, 0.6) is 0 Å². The van der Waals surface area contributed by atoms with Gasteiger partial charge in [0.25, 0.3) is 0 Å². The Balaban J connectivity index is 2.73. The fourth-order valence-corrected chi connectivity index (χ4v) is 3.81. The Morgan fingerprint density at radius 3 is 2.24 bits per heavy atom. The highest BCUT2D eigenvalue weighted by molar-refractivity contribution is 6.76. The first-order valence-corrected chi connectivity index (χ1v) is 9.84. The predicted octanol–water partition coefficient (Wildman–Crippen LogP) is 3.92. The molecule has 4 heteroatoms. The number of hydrogen-bond acceptors (Lipinski definition) is 1. The highest BCUT2D eigenvalue weighted by Crippen LogP contribution is 2.22. The smallest absolute Gasteiger partial charge is 0.306 e. The maximum atomic E-state index is 11.2. The summed E-state index contributed by atoms with van der Waals surface area (Å²) < 4.78 is 0. The summed E-state index contributed by atoms with van der Waals surface area (Å²) >= 11 is 5.81. The largest absolute Gasteiger partial charge is 0.481 e. The van der Waals surface area contributed by atoms with Crippen molar-refractivity contribution in [1.82, 2.24) is 0 Å². The standard InChI is InChI=1S/C13H19ClO2Si/c1-17(2,3)9-11(13(15)16)8-10-4-6-12(14)7-5-10/h4-7,11H,8-9H2,1-3H3,(H,15,16). The van der Waals surface area contributed by atoms with Crippen molar-refractivity contribution >= 4 is 25.6 Å². The van der Waals surface area contributed by atoms with Crippen LogP contribution in [0.2, 0.25) is 30.7 Å². The topological polar surface area (TPSA) is 37.3 Å². The minimum absolute atomic E-state index is 0.275. The van der Waals surface area contributed by atoms with Crippen LogP contribution in [0.1, 0.15) is 5.56 Å². The first-order valence-electron chi connectivity index (χ1n) is 5.75. The summed E-state index contributed by atoms with van der Waals surface area (Å²) in [7, 11) is -1.35. The molecule has 0 spiro atoms. The number of hydrogen-bond donors (Lipinski definition) is 1. The van der Waals surface area contributed by atoms with Gasteiger partial charge in [0.1, 0.15) is 0 Å². The highest BCUT2D eigenvalue weighted by Gasteiger charge is 2.25. The van der Waals surface area contributed by atoms with E-state index >= 15 is 0 Å². The molecule has 0 saturated heterocycles. The Hall–Kier alpha value is -0.803. The zero-order valence-electron chi connectivity index (χ0n) is 10.5. The van der Waals surface area contributed by atoms with Crippen LogP contribution in [-0.2, 0) is 11.2 Å². The van der Waals surface area contributed by atoms with Gasteiger partial charge in [-0.15, -0.1) is 0 Å². The lowest BCUT2D eigenvalue weighted by atomic mass is 10.0. The Morgan fingerprint density at radius 1 is 1.29 bits per heavy atom. The van der Waals surface area contributed by atoms with Crippen molar-refractivity contribution in [2.45, 2.75) is 32.1 Å². The lowest BCUT2D eigenvalue weighted by molar-refractivity contribution is -0.141. The highest BCUT2D eigenvalue weighted by atomic mass is 35.5. The van der Waals surface area contributed by atoms with E-state index in [1.54, 1.807) is 0 Å². The van der Waals surface area contributed by atoms with Crippen molar-refractivity contribution in [3.05, 3.63) is 34.9 Å². The number of halogens is 1. The van der Waals surface area contributed by atoms with Crippen molar-refractivity contribution in [3.63, 3.8) is 0 Å². The van der Waals surface area contributed by atoms with Crippen molar-refractivity contribution in [2.75, 3.05) is 0 Å². The van der Waals surface area contributed by atoms with Gasteiger partial charge in [-0.25, -0.2) is 0 Å². The first kappa shape index (κ1) is 14.3. The quantitative estimate of drug-likeness (QED) is 0.824. The Morgan fingerprint density at radius 2 is 1.82 bits per heavy atom. The van der Waals surface area contributed by atoms with E-state index in [1.807, 2.05) is 24.3 Å². The number of carbonyl (C=O) groups is 1. The molecule has 0 aliphatic carbocycles. The molecule has 0 aliphatic heterocycles. The minimum atomic E-state index is -1.35. The van der Waals surface area contributed by atoms with Crippen LogP contribution in [-0.4, -0.2) is 19.1 Å². The SMILES string of the molecule is C[Si](C)(C)CC(Cc1ccc(Cl)cc1)C(=O)O. The molecule has 0 fully saturated rings. The number of benzene rings is 1. The third kappa shape index (κ3) is 5.37. The van der Waals surface area contributed by atoms with E-state index in [0.29, 0.717) is 11.4 Å². The molecule has 0 aromatic heterocycles. The Bertz CT molecular complexity index is 381. The Kier molecular flexibility index (Phi) is 4.77. The molecular weight excluding hydrogens is 252 g/mol. The van der Waals surface area contributed by atoms with Gasteiger partial charge in [0, 0.05) is 13.1 Å². The molecule has 0 aliphatic rings. The summed E-state index contributed by atoms with van der Waals surface area (Å²) in [6.45, 7) is 6.60. The maximum absolute atomic E-state index is 11.2. The summed E-state index contributed by atoms with van der Waals surface area (Å²) in [6, 6.07) is 8.24. The molecule has 0 bridgehead atoms. The molecule has 0 saturated carbocycles. The Labute approximate surface area is 109 Å². The van der Waals surface area contributed by atoms with Gasteiger partial charge >= 0.3 is 5.97 Å². The van der Waals surface area contributed by atoms with Gasteiger partial charge in [0.05, 0.1) is 5.92 Å². The van der Waals surface area contributed by atoms with Crippen molar-refractivity contribution in [3.8, 4) is 0 Å². The summed E-state index contributed by atoms with van der Waals surface area (Å²) in [5, 5.41) is 9.93. The molecule has 94 valence electrons. The van der Waals surface area contributed by atoms with Crippen LogP contribution in [0.25, 0.3) is 0 Å². The van der Waals surface area contributed by atoms with E-state index in [2.05, 4.69) is 19.6 Å². The maximum Gasteiger partial charge on any atom is 0.306 e. The van der Waals surface area contributed by atoms with Crippen LogP contribution in [0, 0.1) is 5.92 Å². The van der Waals surface area contributed by atoms with E-state index in [4.69, 9.17) is 11.6 Å². The minimum Gasteiger partial charge on any atom is -0.481 e. The zero-order chi connectivity index (χ0) is 13.1. The number of rotatable bonds is 5. The second kappa shape index (κ2) is 5.69.